The number of carbonyl (C=O) groups excluding carboxylic acids is 1. The van der Waals surface area contributed by atoms with Crippen molar-refractivity contribution >= 4 is 17.7 Å². The van der Waals surface area contributed by atoms with Gasteiger partial charge in [-0.05, 0) is 19.9 Å². The lowest BCUT2D eigenvalue weighted by Crippen LogP contribution is -2.42. The number of likely N-dealkylation sites (tertiary alicyclic amines) is 1. The highest BCUT2D eigenvalue weighted by Gasteiger charge is 2.32. The summed E-state index contributed by atoms with van der Waals surface area (Å²) >= 11 is 1.94. The minimum absolute atomic E-state index is 0.169. The first-order valence-electron chi connectivity index (χ1n) is 7.23. The van der Waals surface area contributed by atoms with E-state index in [9.17, 15) is 4.79 Å². The van der Waals surface area contributed by atoms with Gasteiger partial charge in [-0.15, -0.1) is 0 Å². The third kappa shape index (κ3) is 3.17. The van der Waals surface area contributed by atoms with Gasteiger partial charge in [0.05, 0.1) is 18.2 Å². The number of aromatic nitrogens is 1. The van der Waals surface area contributed by atoms with E-state index in [0.29, 0.717) is 5.91 Å². The number of rotatable bonds is 3. The molecular weight excluding hydrogens is 274 g/mol. The van der Waals surface area contributed by atoms with Crippen LogP contribution in [-0.4, -0.2) is 58.5 Å². The van der Waals surface area contributed by atoms with Crippen LogP contribution in [0, 0.1) is 12.8 Å². The fraction of sp³-hybridized carbons (Fsp3) is 0.714. The third-order valence-electron chi connectivity index (χ3n) is 4.00. The number of amides is 1. The van der Waals surface area contributed by atoms with E-state index >= 15 is 0 Å². The monoisotopic (exact) mass is 295 g/mol. The van der Waals surface area contributed by atoms with Crippen molar-refractivity contribution < 1.29 is 9.32 Å². The second-order valence-electron chi connectivity index (χ2n) is 5.59. The molecule has 0 aliphatic carbocycles. The van der Waals surface area contributed by atoms with Crippen LogP contribution in [0.15, 0.2) is 10.6 Å². The minimum Gasteiger partial charge on any atom is -0.360 e. The van der Waals surface area contributed by atoms with Crippen LogP contribution in [-0.2, 0) is 11.3 Å². The maximum atomic E-state index is 12.5. The van der Waals surface area contributed by atoms with Crippen LogP contribution in [0.5, 0.6) is 0 Å². The largest absolute Gasteiger partial charge is 0.360 e. The first-order valence-corrected chi connectivity index (χ1v) is 8.39. The van der Waals surface area contributed by atoms with Gasteiger partial charge < -0.3 is 9.42 Å². The Kier molecular flexibility index (Phi) is 4.31. The molecule has 2 aliphatic rings. The van der Waals surface area contributed by atoms with Crippen molar-refractivity contribution in [2.24, 2.45) is 5.92 Å². The number of hydrogen-bond acceptors (Lipinski definition) is 5. The molecule has 0 radical (unpaired) electrons. The van der Waals surface area contributed by atoms with Crippen molar-refractivity contribution in [2.75, 3.05) is 37.7 Å². The zero-order valence-electron chi connectivity index (χ0n) is 11.9. The molecule has 3 rings (SSSR count). The molecule has 6 heteroatoms. The van der Waals surface area contributed by atoms with Gasteiger partial charge in [0.15, 0.2) is 5.76 Å². The maximum absolute atomic E-state index is 12.5. The standard InChI is InChI=1S/C14H21N3O2S/c1-11-8-13(19-15-11)10-16-3-2-12(9-16)14(18)17-4-6-20-7-5-17/h8,12H,2-7,9-10H2,1H3. The Labute approximate surface area is 123 Å². The highest BCUT2D eigenvalue weighted by Crippen LogP contribution is 2.22. The van der Waals surface area contributed by atoms with Crippen molar-refractivity contribution in [2.45, 2.75) is 19.9 Å². The van der Waals surface area contributed by atoms with E-state index in [2.05, 4.69) is 10.1 Å². The molecule has 3 heterocycles. The zero-order valence-corrected chi connectivity index (χ0v) is 12.7. The van der Waals surface area contributed by atoms with Crippen LogP contribution in [0.3, 0.4) is 0 Å². The van der Waals surface area contributed by atoms with Gasteiger partial charge in [0.2, 0.25) is 5.91 Å². The second kappa shape index (κ2) is 6.18. The molecule has 110 valence electrons. The van der Waals surface area contributed by atoms with E-state index in [0.717, 1.165) is 62.1 Å². The van der Waals surface area contributed by atoms with Crippen LogP contribution in [0.25, 0.3) is 0 Å². The molecule has 2 aliphatic heterocycles. The average molecular weight is 295 g/mol. The van der Waals surface area contributed by atoms with Gasteiger partial charge in [-0.1, -0.05) is 5.16 Å². The molecule has 0 N–H and O–H groups in total. The highest BCUT2D eigenvalue weighted by atomic mass is 32.2. The number of thioether (sulfide) groups is 1. The summed E-state index contributed by atoms with van der Waals surface area (Å²) in [6.07, 6.45) is 0.968. The predicted octanol–water partition coefficient (Wildman–Crippen LogP) is 1.38. The lowest BCUT2D eigenvalue weighted by atomic mass is 10.1. The molecule has 1 amide bonds. The van der Waals surface area contributed by atoms with Gasteiger partial charge in [0.1, 0.15) is 0 Å². The summed E-state index contributed by atoms with van der Waals surface area (Å²) in [6, 6.07) is 1.97. The zero-order chi connectivity index (χ0) is 13.9. The number of aryl methyl sites for hydroxylation is 1. The van der Waals surface area contributed by atoms with Crippen molar-refractivity contribution in [1.82, 2.24) is 15.0 Å². The molecule has 1 atom stereocenters. The molecule has 1 aromatic rings. The number of carbonyl (C=O) groups is 1. The fourth-order valence-corrected chi connectivity index (χ4v) is 3.83. The smallest absolute Gasteiger partial charge is 0.227 e. The van der Waals surface area contributed by atoms with Crippen LogP contribution >= 0.6 is 11.8 Å². The normalized spacial score (nSPS) is 24.2. The summed E-state index contributed by atoms with van der Waals surface area (Å²) in [6.45, 7) is 6.35. The first kappa shape index (κ1) is 13.9. The fourth-order valence-electron chi connectivity index (χ4n) is 2.93. The molecule has 0 aromatic carbocycles. The van der Waals surface area contributed by atoms with Crippen molar-refractivity contribution in [1.29, 1.82) is 0 Å². The highest BCUT2D eigenvalue weighted by molar-refractivity contribution is 7.99. The summed E-state index contributed by atoms with van der Waals surface area (Å²) in [4.78, 5) is 16.8. The van der Waals surface area contributed by atoms with Crippen LogP contribution in [0.2, 0.25) is 0 Å². The Bertz CT molecular complexity index is 471. The SMILES string of the molecule is Cc1cc(CN2CCC(C(=O)N3CCSCC3)C2)on1. The molecular formula is C14H21N3O2S. The molecule has 1 unspecified atom stereocenters. The summed E-state index contributed by atoms with van der Waals surface area (Å²) in [5.74, 6) is 3.58. The van der Waals surface area contributed by atoms with E-state index in [1.807, 2.05) is 29.7 Å². The third-order valence-corrected chi connectivity index (χ3v) is 4.94. The van der Waals surface area contributed by atoms with E-state index in [4.69, 9.17) is 4.52 Å². The summed E-state index contributed by atoms with van der Waals surface area (Å²) < 4.78 is 5.25. The predicted molar refractivity (Wildman–Crippen MR) is 78.5 cm³/mol. The Morgan fingerprint density at radius 3 is 2.95 bits per heavy atom. The Balaban J connectivity index is 1.52. The van der Waals surface area contributed by atoms with Crippen molar-refractivity contribution in [3.8, 4) is 0 Å². The van der Waals surface area contributed by atoms with Crippen molar-refractivity contribution in [3.05, 3.63) is 17.5 Å². The van der Waals surface area contributed by atoms with Gasteiger partial charge >= 0.3 is 0 Å². The van der Waals surface area contributed by atoms with Crippen LogP contribution in [0.4, 0.5) is 0 Å². The first-order chi connectivity index (χ1) is 9.72. The molecule has 2 saturated heterocycles. The quantitative estimate of drug-likeness (QED) is 0.843. The molecule has 20 heavy (non-hydrogen) atoms. The molecule has 0 saturated carbocycles. The molecule has 1 aromatic heterocycles. The number of nitrogens with zero attached hydrogens (tertiary/aromatic N) is 3. The average Bonchev–Trinajstić information content (AvgIpc) is 3.09. The minimum atomic E-state index is 0.169. The molecule has 0 bridgehead atoms. The lowest BCUT2D eigenvalue weighted by Gasteiger charge is -2.28. The van der Waals surface area contributed by atoms with E-state index in [1.165, 1.54) is 0 Å². The Hall–Kier alpha value is -1.01. The van der Waals surface area contributed by atoms with Gasteiger partial charge in [0, 0.05) is 37.2 Å². The van der Waals surface area contributed by atoms with E-state index in [-0.39, 0.29) is 5.92 Å². The van der Waals surface area contributed by atoms with E-state index in [1.54, 1.807) is 0 Å². The van der Waals surface area contributed by atoms with Crippen LogP contribution < -0.4 is 0 Å². The number of hydrogen-bond donors (Lipinski definition) is 0. The van der Waals surface area contributed by atoms with Crippen LogP contribution in [0.1, 0.15) is 17.9 Å². The molecule has 0 spiro atoms. The van der Waals surface area contributed by atoms with Gasteiger partial charge in [-0.3, -0.25) is 9.69 Å². The summed E-state index contributed by atoms with van der Waals surface area (Å²) in [5.41, 5.74) is 0.914. The second-order valence-corrected chi connectivity index (χ2v) is 6.82. The topological polar surface area (TPSA) is 49.6 Å². The summed E-state index contributed by atoms with van der Waals surface area (Å²) in [5, 5.41) is 3.91. The molecule has 2 fully saturated rings. The van der Waals surface area contributed by atoms with E-state index < -0.39 is 0 Å². The van der Waals surface area contributed by atoms with Gasteiger partial charge in [-0.25, -0.2) is 0 Å². The van der Waals surface area contributed by atoms with Gasteiger partial charge in [-0.2, -0.15) is 11.8 Å². The maximum Gasteiger partial charge on any atom is 0.227 e. The molecule has 5 nitrogen and oxygen atoms in total. The van der Waals surface area contributed by atoms with Crippen molar-refractivity contribution in [3.63, 3.8) is 0 Å². The Morgan fingerprint density at radius 1 is 1.45 bits per heavy atom. The summed E-state index contributed by atoms with van der Waals surface area (Å²) in [7, 11) is 0. The van der Waals surface area contributed by atoms with Gasteiger partial charge in [0.25, 0.3) is 0 Å². The Morgan fingerprint density at radius 2 is 2.25 bits per heavy atom. The lowest BCUT2D eigenvalue weighted by molar-refractivity contribution is -0.134.